The lowest BCUT2D eigenvalue weighted by Crippen LogP contribution is -2.27. The molecule has 0 aliphatic heterocycles. The first kappa shape index (κ1) is 11.9. The number of hydrogen-bond donors (Lipinski definition) is 0. The van der Waals surface area contributed by atoms with Crippen molar-refractivity contribution in [3.05, 3.63) is 35.7 Å². The third-order valence-corrected chi connectivity index (χ3v) is 2.27. The predicted octanol–water partition coefficient (Wildman–Crippen LogP) is 3.06. The number of amides is 1. The van der Waals surface area contributed by atoms with Crippen molar-refractivity contribution in [2.45, 2.75) is 6.92 Å². The van der Waals surface area contributed by atoms with Gasteiger partial charge in [-0.1, -0.05) is 17.7 Å². The fourth-order valence-corrected chi connectivity index (χ4v) is 1.53. The molecule has 0 N–H and O–H groups in total. The molecule has 0 unspecified atom stereocenters. The van der Waals surface area contributed by atoms with Gasteiger partial charge in [-0.25, -0.2) is 4.79 Å². The molecule has 0 saturated heterocycles. The summed E-state index contributed by atoms with van der Waals surface area (Å²) in [4.78, 5) is 12.7. The molecule has 3 nitrogen and oxygen atoms in total. The molecule has 0 atom stereocenters. The van der Waals surface area contributed by atoms with E-state index in [0.29, 0.717) is 10.7 Å². The van der Waals surface area contributed by atoms with E-state index >= 15 is 0 Å². The summed E-state index contributed by atoms with van der Waals surface area (Å²) in [6.07, 6.45) is -0.462. The number of halogens is 1. The van der Waals surface area contributed by atoms with Crippen molar-refractivity contribution < 1.29 is 9.53 Å². The van der Waals surface area contributed by atoms with E-state index in [1.165, 1.54) is 4.90 Å². The minimum absolute atomic E-state index is 0.104. The van der Waals surface area contributed by atoms with Crippen LogP contribution in [0.3, 0.4) is 0 Å². The van der Waals surface area contributed by atoms with Crippen LogP contribution in [-0.4, -0.2) is 19.7 Å². The van der Waals surface area contributed by atoms with Crippen LogP contribution in [0.15, 0.2) is 18.2 Å². The summed E-state index contributed by atoms with van der Waals surface area (Å²) in [7, 11) is 1.61. The van der Waals surface area contributed by atoms with E-state index in [1.807, 2.05) is 13.0 Å². The summed E-state index contributed by atoms with van der Waals surface area (Å²) in [5.41, 5.74) is 1.67. The molecule has 1 radical (unpaired) electrons. The van der Waals surface area contributed by atoms with Gasteiger partial charge in [-0.2, -0.15) is 0 Å². The number of ether oxygens (including phenoxy) is 1. The average molecular weight is 227 g/mol. The number of carbonyl (C=O) groups excluding carboxylic acids is 1. The topological polar surface area (TPSA) is 29.5 Å². The normalized spacial score (nSPS) is 9.87. The smallest absolute Gasteiger partial charge is 0.414 e. The molecule has 1 rings (SSSR count). The number of rotatable bonds is 2. The maximum atomic E-state index is 11.4. The van der Waals surface area contributed by atoms with Crippen molar-refractivity contribution in [3.8, 4) is 0 Å². The Hall–Kier alpha value is -1.22. The molecule has 0 fully saturated rings. The summed E-state index contributed by atoms with van der Waals surface area (Å²) in [6, 6.07) is 5.46. The van der Waals surface area contributed by atoms with Crippen LogP contribution < -0.4 is 4.90 Å². The van der Waals surface area contributed by atoms with Crippen molar-refractivity contribution >= 4 is 23.4 Å². The molecule has 4 heteroatoms. The van der Waals surface area contributed by atoms with Gasteiger partial charge in [-0.15, -0.1) is 0 Å². The van der Waals surface area contributed by atoms with E-state index < -0.39 is 6.09 Å². The Balaban J connectivity index is 2.91. The molecule has 15 heavy (non-hydrogen) atoms. The first-order valence-corrected chi connectivity index (χ1v) is 4.90. The highest BCUT2D eigenvalue weighted by atomic mass is 35.5. The summed E-state index contributed by atoms with van der Waals surface area (Å²) < 4.78 is 4.76. The second-order valence-corrected chi connectivity index (χ2v) is 3.54. The third kappa shape index (κ3) is 2.86. The van der Waals surface area contributed by atoms with Gasteiger partial charge >= 0.3 is 6.09 Å². The van der Waals surface area contributed by atoms with Crippen LogP contribution in [0.25, 0.3) is 0 Å². The largest absolute Gasteiger partial charge is 0.449 e. The fourth-order valence-electron chi connectivity index (χ4n) is 1.17. The Morgan fingerprint density at radius 3 is 2.80 bits per heavy atom. The molecular weight excluding hydrogens is 214 g/mol. The van der Waals surface area contributed by atoms with Crippen molar-refractivity contribution in [1.29, 1.82) is 0 Å². The average Bonchev–Trinajstić information content (AvgIpc) is 2.17. The van der Waals surface area contributed by atoms with Gasteiger partial charge in [0.2, 0.25) is 0 Å². The van der Waals surface area contributed by atoms with Crippen LogP contribution in [0.4, 0.5) is 10.5 Å². The Labute approximate surface area is 94.6 Å². The molecule has 0 bridgehead atoms. The minimum Gasteiger partial charge on any atom is -0.449 e. The van der Waals surface area contributed by atoms with Crippen LogP contribution in [0, 0.1) is 13.8 Å². The zero-order valence-corrected chi connectivity index (χ0v) is 9.54. The van der Waals surface area contributed by atoms with E-state index in [0.717, 1.165) is 5.56 Å². The molecule has 1 aromatic carbocycles. The van der Waals surface area contributed by atoms with Gasteiger partial charge in [0.25, 0.3) is 0 Å². The summed E-state index contributed by atoms with van der Waals surface area (Å²) >= 11 is 6.00. The van der Waals surface area contributed by atoms with Crippen molar-refractivity contribution in [2.24, 2.45) is 0 Å². The highest BCUT2D eigenvalue weighted by Crippen LogP contribution is 2.26. The van der Waals surface area contributed by atoms with Gasteiger partial charge in [0.15, 0.2) is 0 Å². The number of anilines is 1. The van der Waals surface area contributed by atoms with Crippen LogP contribution in [0.5, 0.6) is 0 Å². The number of aryl methyl sites for hydroxylation is 1. The summed E-state index contributed by atoms with van der Waals surface area (Å²) in [5, 5.41) is 0.526. The first-order chi connectivity index (χ1) is 7.06. The van der Waals surface area contributed by atoms with Crippen LogP contribution in [0.2, 0.25) is 5.02 Å². The standard InChI is InChI=1S/C11H13ClNO2/c1-4-15-11(14)13(3)10-6-5-8(2)7-9(10)12/h5-7H,1,4H2,2-3H3. The molecular formula is C11H13ClNO2. The first-order valence-electron chi connectivity index (χ1n) is 4.52. The highest BCUT2D eigenvalue weighted by Gasteiger charge is 2.14. The quantitative estimate of drug-likeness (QED) is 0.776. The lowest BCUT2D eigenvalue weighted by atomic mass is 10.2. The number of carbonyl (C=O) groups is 1. The molecule has 1 amide bonds. The Kier molecular flexibility index (Phi) is 3.97. The third-order valence-electron chi connectivity index (χ3n) is 1.96. The van der Waals surface area contributed by atoms with E-state index in [9.17, 15) is 4.79 Å². The number of hydrogen-bond acceptors (Lipinski definition) is 2. The molecule has 0 aliphatic rings. The van der Waals surface area contributed by atoms with Gasteiger partial charge in [0.05, 0.1) is 17.3 Å². The lowest BCUT2D eigenvalue weighted by Gasteiger charge is -2.17. The number of benzene rings is 1. The van der Waals surface area contributed by atoms with E-state index in [1.54, 1.807) is 19.2 Å². The zero-order chi connectivity index (χ0) is 11.4. The van der Waals surface area contributed by atoms with E-state index in [2.05, 4.69) is 6.92 Å². The molecule has 0 aliphatic carbocycles. The molecule has 81 valence electrons. The summed E-state index contributed by atoms with van der Waals surface area (Å²) in [6.45, 7) is 5.47. The highest BCUT2D eigenvalue weighted by molar-refractivity contribution is 6.33. The van der Waals surface area contributed by atoms with Crippen LogP contribution in [0.1, 0.15) is 5.56 Å². The van der Waals surface area contributed by atoms with Crippen molar-refractivity contribution in [2.75, 3.05) is 18.6 Å². The molecule has 0 saturated carbocycles. The Morgan fingerprint density at radius 2 is 2.27 bits per heavy atom. The van der Waals surface area contributed by atoms with Gasteiger partial charge in [-0.05, 0) is 31.5 Å². The van der Waals surface area contributed by atoms with E-state index in [4.69, 9.17) is 16.3 Å². The monoisotopic (exact) mass is 226 g/mol. The second kappa shape index (κ2) is 5.03. The van der Waals surface area contributed by atoms with Gasteiger partial charge in [-0.3, -0.25) is 4.90 Å². The number of nitrogens with zero attached hydrogens (tertiary/aromatic N) is 1. The van der Waals surface area contributed by atoms with Gasteiger partial charge < -0.3 is 4.74 Å². The fraction of sp³-hybridized carbons (Fsp3) is 0.273. The maximum absolute atomic E-state index is 11.4. The molecule has 0 aromatic heterocycles. The summed E-state index contributed by atoms with van der Waals surface area (Å²) in [5.74, 6) is 0. The molecule has 0 heterocycles. The van der Waals surface area contributed by atoms with E-state index in [-0.39, 0.29) is 6.61 Å². The SMILES string of the molecule is [CH2]COC(=O)N(C)c1ccc(C)cc1Cl. The molecule has 0 spiro atoms. The van der Waals surface area contributed by atoms with Crippen LogP contribution in [-0.2, 0) is 4.74 Å². The van der Waals surface area contributed by atoms with Crippen molar-refractivity contribution in [1.82, 2.24) is 0 Å². The maximum Gasteiger partial charge on any atom is 0.414 e. The molecule has 1 aromatic rings. The zero-order valence-electron chi connectivity index (χ0n) is 8.79. The Morgan fingerprint density at radius 1 is 1.60 bits per heavy atom. The van der Waals surface area contributed by atoms with Gasteiger partial charge in [0, 0.05) is 7.05 Å². The second-order valence-electron chi connectivity index (χ2n) is 3.13. The predicted molar refractivity (Wildman–Crippen MR) is 61.3 cm³/mol. The van der Waals surface area contributed by atoms with Crippen molar-refractivity contribution in [3.63, 3.8) is 0 Å². The van der Waals surface area contributed by atoms with Crippen LogP contribution >= 0.6 is 11.6 Å². The van der Waals surface area contributed by atoms with Gasteiger partial charge in [0.1, 0.15) is 0 Å². The lowest BCUT2D eigenvalue weighted by molar-refractivity contribution is 0.167. The minimum atomic E-state index is -0.462. The Bertz CT molecular complexity index is 366.